The summed E-state index contributed by atoms with van der Waals surface area (Å²) in [5.74, 6) is -3.03. The van der Waals surface area contributed by atoms with Crippen molar-refractivity contribution in [2.24, 2.45) is 4.99 Å². The number of benzene rings is 1. The predicted molar refractivity (Wildman–Crippen MR) is 144 cm³/mol. The van der Waals surface area contributed by atoms with E-state index in [1.807, 2.05) is 0 Å². The highest BCUT2D eigenvalue weighted by Crippen LogP contribution is 2.47. The minimum absolute atomic E-state index is 0.115. The average Bonchev–Trinajstić information content (AvgIpc) is 3.22. The number of piperidine rings is 1. The fourth-order valence-electron chi connectivity index (χ4n) is 6.12. The van der Waals surface area contributed by atoms with Crippen LogP contribution >= 0.6 is 0 Å². The summed E-state index contributed by atoms with van der Waals surface area (Å²) in [5, 5.41) is 10.9. The van der Waals surface area contributed by atoms with Crippen molar-refractivity contribution in [1.29, 1.82) is 0 Å². The van der Waals surface area contributed by atoms with Crippen LogP contribution in [0.1, 0.15) is 19.3 Å². The lowest BCUT2D eigenvalue weighted by atomic mass is 9.87. The predicted octanol–water partition coefficient (Wildman–Crippen LogP) is 3.89. The molecule has 10 nitrogen and oxygen atoms in total. The number of hydrogen-bond donors (Lipinski definition) is 1. The maximum absolute atomic E-state index is 15.6. The number of alkyl halides is 3. The molecular formula is C27H30F4N8O2. The van der Waals surface area contributed by atoms with Crippen molar-refractivity contribution in [3.05, 3.63) is 30.2 Å². The number of nitrogens with zero attached hydrogens (tertiary/aromatic N) is 7. The van der Waals surface area contributed by atoms with Gasteiger partial charge in [0.05, 0.1) is 61.6 Å². The van der Waals surface area contributed by atoms with E-state index in [2.05, 4.69) is 25.3 Å². The Labute approximate surface area is 233 Å². The molecule has 2 aromatic heterocycles. The molecular weight excluding hydrogens is 544 g/mol. The third-order valence-electron chi connectivity index (χ3n) is 8.40. The largest absolute Gasteiger partial charge is 0.479 e. The lowest BCUT2D eigenvalue weighted by Gasteiger charge is -2.48. The van der Waals surface area contributed by atoms with Crippen LogP contribution < -0.4 is 15.1 Å². The Morgan fingerprint density at radius 2 is 1.98 bits per heavy atom. The molecule has 3 aliphatic heterocycles. The Hall–Kier alpha value is -3.65. The molecule has 3 aromatic rings. The molecule has 0 radical (unpaired) electrons. The zero-order valence-corrected chi connectivity index (χ0v) is 22.6. The summed E-state index contributed by atoms with van der Waals surface area (Å²) in [7, 11) is 3.16. The van der Waals surface area contributed by atoms with Crippen molar-refractivity contribution in [3.63, 3.8) is 0 Å². The number of likely N-dealkylation sites (tertiary alicyclic amines) is 1. The minimum Gasteiger partial charge on any atom is -0.479 e. The first-order valence-corrected chi connectivity index (χ1v) is 13.6. The van der Waals surface area contributed by atoms with Gasteiger partial charge < -0.3 is 14.8 Å². The number of fused-ring (bicyclic) bond motifs is 2. The quantitative estimate of drug-likeness (QED) is 0.445. The number of methoxy groups -OCH3 is 1. The molecule has 1 N–H and O–H groups in total. The molecule has 0 unspecified atom stereocenters. The molecule has 2 saturated heterocycles. The molecule has 41 heavy (non-hydrogen) atoms. The van der Waals surface area contributed by atoms with Crippen molar-refractivity contribution in [1.82, 2.24) is 24.5 Å². The molecule has 0 amide bonds. The molecule has 5 heterocycles. The first-order chi connectivity index (χ1) is 19.7. The molecule has 218 valence electrons. The Kier molecular flexibility index (Phi) is 6.23. The number of aliphatic imine (C=N–C) groups is 1. The highest BCUT2D eigenvalue weighted by Gasteiger charge is 2.50. The smallest absolute Gasteiger partial charge is 0.252 e. The third kappa shape index (κ3) is 4.53. The number of anilines is 2. The summed E-state index contributed by atoms with van der Waals surface area (Å²) in [4.78, 5) is 11.0. The first-order valence-electron chi connectivity index (χ1n) is 13.6. The zero-order valence-electron chi connectivity index (χ0n) is 22.6. The number of ether oxygens (including phenoxy) is 2. The fourth-order valence-corrected chi connectivity index (χ4v) is 6.12. The molecule has 7 rings (SSSR count). The van der Waals surface area contributed by atoms with Gasteiger partial charge in [-0.05, 0) is 24.1 Å². The number of rotatable bonds is 6. The van der Waals surface area contributed by atoms with Crippen LogP contribution in [0.25, 0.3) is 16.6 Å². The van der Waals surface area contributed by atoms with Crippen LogP contribution in [0.4, 0.5) is 34.9 Å². The summed E-state index contributed by atoms with van der Waals surface area (Å²) in [6.45, 7) is 2.28. The Bertz CT molecular complexity index is 1500. The van der Waals surface area contributed by atoms with Crippen molar-refractivity contribution in [2.75, 3.05) is 50.8 Å². The number of hydrazine groups is 1. The van der Waals surface area contributed by atoms with E-state index >= 15 is 8.78 Å². The van der Waals surface area contributed by atoms with Gasteiger partial charge in [-0.25, -0.2) is 27.1 Å². The number of halogens is 4. The van der Waals surface area contributed by atoms with E-state index in [4.69, 9.17) is 9.47 Å². The van der Waals surface area contributed by atoms with Gasteiger partial charge in [-0.15, -0.1) is 5.10 Å². The molecule has 14 heteroatoms. The summed E-state index contributed by atoms with van der Waals surface area (Å²) in [5.41, 5.74) is 2.17. The normalized spacial score (nSPS) is 24.7. The van der Waals surface area contributed by atoms with Gasteiger partial charge in [-0.2, -0.15) is 4.98 Å². The van der Waals surface area contributed by atoms with Crippen molar-refractivity contribution >= 4 is 29.2 Å². The van der Waals surface area contributed by atoms with Crippen LogP contribution in [0.5, 0.6) is 5.88 Å². The van der Waals surface area contributed by atoms with Gasteiger partial charge in [-0.3, -0.25) is 14.9 Å². The zero-order chi connectivity index (χ0) is 28.5. The van der Waals surface area contributed by atoms with E-state index in [1.54, 1.807) is 41.6 Å². The van der Waals surface area contributed by atoms with E-state index < -0.39 is 30.0 Å². The maximum Gasteiger partial charge on any atom is 0.252 e. The summed E-state index contributed by atoms with van der Waals surface area (Å²) >= 11 is 0. The topological polar surface area (TPSA) is 82.8 Å². The van der Waals surface area contributed by atoms with Crippen LogP contribution in [-0.4, -0.2) is 102 Å². The molecule has 4 aliphatic rings. The molecule has 0 spiro atoms. The summed E-state index contributed by atoms with van der Waals surface area (Å²) in [6.07, 6.45) is 1.67. The second kappa shape index (κ2) is 9.72. The van der Waals surface area contributed by atoms with Gasteiger partial charge in [0.15, 0.2) is 5.82 Å². The highest BCUT2D eigenvalue weighted by molar-refractivity contribution is 5.89. The van der Waals surface area contributed by atoms with Gasteiger partial charge in [-0.1, -0.05) is 6.07 Å². The average molecular weight is 575 g/mol. The maximum atomic E-state index is 15.6. The molecule has 1 aliphatic carbocycles. The minimum atomic E-state index is -2.70. The van der Waals surface area contributed by atoms with E-state index in [-0.39, 0.29) is 36.3 Å². The van der Waals surface area contributed by atoms with Crippen LogP contribution in [0.15, 0.2) is 29.4 Å². The van der Waals surface area contributed by atoms with E-state index in [0.717, 1.165) is 6.54 Å². The summed E-state index contributed by atoms with van der Waals surface area (Å²) < 4.78 is 70.2. The second-order valence-electron chi connectivity index (χ2n) is 11.1. The Balaban J connectivity index is 1.19. The molecule has 1 saturated carbocycles. The van der Waals surface area contributed by atoms with Crippen molar-refractivity contribution in [3.8, 4) is 17.0 Å². The van der Waals surface area contributed by atoms with Crippen LogP contribution in [0.2, 0.25) is 0 Å². The van der Waals surface area contributed by atoms with Gasteiger partial charge in [0, 0.05) is 33.0 Å². The monoisotopic (exact) mass is 574 g/mol. The number of aromatic nitrogens is 3. The SMILES string of the molecule is COc1nc(N[C@H]2CCN(C3COC3)C[C@@H]2F)nn2cc(F)c(-c3ccc4c(c3)N(C3CC(F)(F)C3)N(C)C=N4)c12. The third-order valence-corrected chi connectivity index (χ3v) is 8.40. The van der Waals surface area contributed by atoms with Gasteiger partial charge >= 0.3 is 0 Å². The van der Waals surface area contributed by atoms with Crippen LogP contribution in [0, 0.1) is 5.82 Å². The van der Waals surface area contributed by atoms with Crippen molar-refractivity contribution < 1.29 is 27.0 Å². The summed E-state index contributed by atoms with van der Waals surface area (Å²) in [6, 6.07) is 4.53. The van der Waals surface area contributed by atoms with E-state index in [9.17, 15) is 8.78 Å². The molecule has 3 fully saturated rings. The van der Waals surface area contributed by atoms with E-state index in [0.29, 0.717) is 48.6 Å². The molecule has 2 atom stereocenters. The Morgan fingerprint density at radius 1 is 1.17 bits per heavy atom. The standard InChI is InChI=1S/C27H30F4N8O2/c1-36-14-32-21-4-3-15(7-22(21)39(36)16-8-27(30,31)9-16)23-19(29)11-38-24(23)25(40-2)34-26(35-38)33-20-5-6-37(10-18(20)28)17-12-41-13-17/h3-4,7,11,14,16-18,20H,5-6,8-10,12-13H2,1-2H3,(H,33,35)/t18-,20-/m0/s1. The number of nitrogens with one attached hydrogen (secondary N) is 1. The Morgan fingerprint density at radius 3 is 2.66 bits per heavy atom. The van der Waals surface area contributed by atoms with Gasteiger partial charge in [0.2, 0.25) is 11.8 Å². The lowest BCUT2D eigenvalue weighted by molar-refractivity contribution is -0.0911. The number of hydrogen-bond acceptors (Lipinski definition) is 9. The van der Waals surface area contributed by atoms with E-state index in [1.165, 1.54) is 17.8 Å². The van der Waals surface area contributed by atoms with Gasteiger partial charge in [0.1, 0.15) is 18.0 Å². The highest BCUT2D eigenvalue weighted by atomic mass is 19.3. The van der Waals surface area contributed by atoms with Crippen molar-refractivity contribution in [2.45, 2.75) is 49.5 Å². The second-order valence-corrected chi connectivity index (χ2v) is 11.1. The van der Waals surface area contributed by atoms with Gasteiger partial charge in [0.25, 0.3) is 5.92 Å². The van der Waals surface area contributed by atoms with Crippen LogP contribution in [-0.2, 0) is 4.74 Å². The molecule has 1 aromatic carbocycles. The lowest BCUT2D eigenvalue weighted by Crippen LogP contribution is -2.57. The first kappa shape index (κ1) is 26.3. The van der Waals surface area contributed by atoms with Crippen LogP contribution in [0.3, 0.4) is 0 Å². The molecule has 0 bridgehead atoms. The fraction of sp³-hybridized carbons (Fsp3) is 0.519.